The normalized spacial score (nSPS) is 14.7. The number of nitrogens with zero attached hydrogens (tertiary/aromatic N) is 1. The van der Waals surface area contributed by atoms with Crippen LogP contribution in [0.1, 0.15) is 15.9 Å². The Morgan fingerprint density at radius 1 is 1.10 bits per heavy atom. The summed E-state index contributed by atoms with van der Waals surface area (Å²) in [6.45, 7) is 0. The maximum absolute atomic E-state index is 12.7. The van der Waals surface area contributed by atoms with E-state index in [0.29, 0.717) is 11.3 Å². The van der Waals surface area contributed by atoms with E-state index in [1.54, 1.807) is 24.3 Å². The van der Waals surface area contributed by atoms with Gasteiger partial charge in [-0.05, 0) is 24.3 Å². The summed E-state index contributed by atoms with van der Waals surface area (Å²) in [4.78, 5) is 16.0. The fourth-order valence-electron chi connectivity index (χ4n) is 2.17. The van der Waals surface area contributed by atoms with Crippen molar-refractivity contribution < 1.29 is 17.9 Å². The second-order valence-electron chi connectivity index (χ2n) is 4.47. The van der Waals surface area contributed by atoms with Crippen molar-refractivity contribution in [2.45, 2.75) is 9.79 Å². The van der Waals surface area contributed by atoms with E-state index in [-0.39, 0.29) is 15.4 Å². The lowest BCUT2D eigenvalue weighted by molar-refractivity contribution is 0.0600. The molecule has 0 saturated carbocycles. The van der Waals surface area contributed by atoms with Crippen LogP contribution >= 0.6 is 0 Å². The van der Waals surface area contributed by atoms with Crippen LogP contribution in [0.15, 0.2) is 57.2 Å². The fraction of sp³-hybridized carbons (Fsp3) is 0.0667. The minimum atomic E-state index is -3.73. The Kier molecular flexibility index (Phi) is 3.10. The molecule has 2 aromatic carbocycles. The van der Waals surface area contributed by atoms with Crippen molar-refractivity contribution in [1.82, 2.24) is 0 Å². The number of carbonyl (C=O) groups excluding carboxylic acids is 1. The van der Waals surface area contributed by atoms with Gasteiger partial charge in [0, 0.05) is 11.8 Å². The number of sulfone groups is 1. The van der Waals surface area contributed by atoms with Gasteiger partial charge in [0.05, 0.1) is 28.2 Å². The number of ether oxygens (including phenoxy) is 1. The molecular weight excluding hydrogens is 290 g/mol. The van der Waals surface area contributed by atoms with Gasteiger partial charge in [0.25, 0.3) is 0 Å². The molecule has 0 N–H and O–H groups in total. The molecule has 0 aromatic heterocycles. The number of methoxy groups -OCH3 is 1. The molecule has 0 bridgehead atoms. The molecule has 1 aliphatic heterocycles. The molecule has 5 nitrogen and oxygen atoms in total. The molecule has 0 atom stereocenters. The Bertz CT molecular complexity index is 869. The highest BCUT2D eigenvalue weighted by atomic mass is 32.2. The number of carbonyl (C=O) groups is 1. The van der Waals surface area contributed by atoms with Gasteiger partial charge in [0.15, 0.2) is 0 Å². The standard InChI is InChI=1S/C15H11NO4S/c1-20-15(17)10-6-7-11-9-16-12-4-2-3-5-13(12)21(18,19)14(11)8-10/h2-9H,1H3. The van der Waals surface area contributed by atoms with Crippen molar-refractivity contribution in [1.29, 1.82) is 0 Å². The Balaban J connectivity index is 2.30. The van der Waals surface area contributed by atoms with Crippen LogP contribution in [0, 0.1) is 0 Å². The second-order valence-corrected chi connectivity index (χ2v) is 6.36. The summed E-state index contributed by atoms with van der Waals surface area (Å²) in [5.41, 5.74) is 1.01. The van der Waals surface area contributed by atoms with Crippen molar-refractivity contribution in [2.75, 3.05) is 7.11 Å². The molecule has 1 aliphatic rings. The summed E-state index contributed by atoms with van der Waals surface area (Å²) in [7, 11) is -2.49. The quantitative estimate of drug-likeness (QED) is 0.647. The summed E-state index contributed by atoms with van der Waals surface area (Å²) >= 11 is 0. The van der Waals surface area contributed by atoms with Crippen LogP contribution in [-0.4, -0.2) is 27.7 Å². The van der Waals surface area contributed by atoms with Gasteiger partial charge in [0.1, 0.15) is 0 Å². The highest BCUT2D eigenvalue weighted by molar-refractivity contribution is 7.91. The zero-order chi connectivity index (χ0) is 15.0. The van der Waals surface area contributed by atoms with Crippen molar-refractivity contribution in [2.24, 2.45) is 4.99 Å². The van der Waals surface area contributed by atoms with E-state index in [1.165, 1.54) is 31.5 Å². The Hall–Kier alpha value is -2.47. The monoisotopic (exact) mass is 301 g/mol. The Morgan fingerprint density at radius 2 is 1.86 bits per heavy atom. The minimum absolute atomic E-state index is 0.0547. The number of rotatable bonds is 1. The van der Waals surface area contributed by atoms with E-state index < -0.39 is 15.8 Å². The minimum Gasteiger partial charge on any atom is -0.465 e. The highest BCUT2D eigenvalue weighted by Gasteiger charge is 2.27. The summed E-state index contributed by atoms with van der Waals surface area (Å²) in [6.07, 6.45) is 1.49. The first-order valence-electron chi connectivity index (χ1n) is 6.14. The summed E-state index contributed by atoms with van der Waals surface area (Å²) < 4.78 is 30.1. The first-order valence-corrected chi connectivity index (χ1v) is 7.63. The number of hydrogen-bond donors (Lipinski definition) is 0. The third-order valence-corrected chi connectivity index (χ3v) is 5.08. The zero-order valence-corrected chi connectivity index (χ0v) is 11.9. The van der Waals surface area contributed by atoms with Crippen molar-refractivity contribution in [3.63, 3.8) is 0 Å². The number of aliphatic imine (C=N–C) groups is 1. The first-order chi connectivity index (χ1) is 10.0. The van der Waals surface area contributed by atoms with Crippen molar-refractivity contribution in [3.8, 4) is 0 Å². The fourth-order valence-corrected chi connectivity index (χ4v) is 3.77. The number of hydrogen-bond acceptors (Lipinski definition) is 5. The van der Waals surface area contributed by atoms with E-state index in [2.05, 4.69) is 9.73 Å². The van der Waals surface area contributed by atoms with Gasteiger partial charge in [0.2, 0.25) is 9.84 Å². The molecule has 0 unspecified atom stereocenters. The van der Waals surface area contributed by atoms with Crippen LogP contribution in [0.4, 0.5) is 5.69 Å². The zero-order valence-electron chi connectivity index (χ0n) is 11.1. The molecule has 1 heterocycles. The molecule has 0 fully saturated rings. The van der Waals surface area contributed by atoms with Crippen LogP contribution in [0.3, 0.4) is 0 Å². The van der Waals surface area contributed by atoms with Crippen LogP contribution in [0.5, 0.6) is 0 Å². The number of fused-ring (bicyclic) bond motifs is 2. The van der Waals surface area contributed by atoms with Gasteiger partial charge in [-0.3, -0.25) is 4.99 Å². The Morgan fingerprint density at radius 3 is 2.62 bits per heavy atom. The van der Waals surface area contributed by atoms with E-state index in [1.807, 2.05) is 0 Å². The molecule has 6 heteroatoms. The van der Waals surface area contributed by atoms with Gasteiger partial charge in [-0.1, -0.05) is 18.2 Å². The van der Waals surface area contributed by atoms with E-state index in [4.69, 9.17) is 0 Å². The molecule has 0 radical (unpaired) electrons. The molecule has 0 amide bonds. The third-order valence-electron chi connectivity index (χ3n) is 3.22. The van der Waals surface area contributed by atoms with E-state index in [9.17, 15) is 13.2 Å². The van der Waals surface area contributed by atoms with Gasteiger partial charge >= 0.3 is 5.97 Å². The molecule has 2 aromatic rings. The SMILES string of the molecule is COC(=O)c1ccc2c(c1)S(=O)(=O)c1ccccc1N=C2. The van der Waals surface area contributed by atoms with Crippen LogP contribution in [-0.2, 0) is 14.6 Å². The first kappa shape index (κ1) is 13.5. The Labute approximate surface area is 121 Å². The molecule has 0 spiro atoms. The molecule has 106 valence electrons. The predicted octanol–water partition coefficient (Wildman–Crippen LogP) is 2.37. The molecule has 3 rings (SSSR count). The number of benzene rings is 2. The summed E-state index contributed by atoms with van der Waals surface area (Å²) in [5.74, 6) is -0.581. The lowest BCUT2D eigenvalue weighted by Crippen LogP contribution is -2.08. The average Bonchev–Trinajstić information content (AvgIpc) is 2.62. The number of esters is 1. The molecule has 0 saturated heterocycles. The summed E-state index contributed by atoms with van der Waals surface area (Å²) in [6, 6.07) is 10.9. The maximum Gasteiger partial charge on any atom is 0.337 e. The van der Waals surface area contributed by atoms with E-state index in [0.717, 1.165) is 0 Å². The lowest BCUT2D eigenvalue weighted by Gasteiger charge is -2.08. The van der Waals surface area contributed by atoms with Crippen molar-refractivity contribution >= 4 is 27.7 Å². The largest absolute Gasteiger partial charge is 0.465 e. The van der Waals surface area contributed by atoms with Gasteiger partial charge < -0.3 is 4.74 Å². The second kappa shape index (κ2) is 4.82. The van der Waals surface area contributed by atoms with Crippen LogP contribution < -0.4 is 0 Å². The number of para-hydroxylation sites is 1. The van der Waals surface area contributed by atoms with Crippen LogP contribution in [0.25, 0.3) is 0 Å². The van der Waals surface area contributed by atoms with Crippen molar-refractivity contribution in [3.05, 3.63) is 53.6 Å². The third kappa shape index (κ3) is 2.13. The van der Waals surface area contributed by atoms with Gasteiger partial charge in [-0.15, -0.1) is 0 Å². The van der Waals surface area contributed by atoms with Gasteiger partial charge in [-0.25, -0.2) is 13.2 Å². The van der Waals surface area contributed by atoms with E-state index >= 15 is 0 Å². The van der Waals surface area contributed by atoms with Crippen LogP contribution in [0.2, 0.25) is 0 Å². The summed E-state index contributed by atoms with van der Waals surface area (Å²) in [5, 5.41) is 0. The van der Waals surface area contributed by atoms with Gasteiger partial charge in [-0.2, -0.15) is 0 Å². The lowest BCUT2D eigenvalue weighted by atomic mass is 10.1. The topological polar surface area (TPSA) is 72.8 Å². The molecular formula is C15H11NO4S. The smallest absolute Gasteiger partial charge is 0.337 e. The average molecular weight is 301 g/mol. The molecule has 21 heavy (non-hydrogen) atoms. The highest BCUT2D eigenvalue weighted by Crippen LogP contribution is 2.33. The molecule has 0 aliphatic carbocycles. The predicted molar refractivity (Wildman–Crippen MR) is 76.9 cm³/mol. The maximum atomic E-state index is 12.7.